The van der Waals surface area contributed by atoms with Gasteiger partial charge in [-0.25, -0.2) is 4.98 Å². The van der Waals surface area contributed by atoms with E-state index in [0.717, 1.165) is 5.56 Å². The zero-order valence-electron chi connectivity index (χ0n) is 13.7. The highest BCUT2D eigenvalue weighted by Gasteiger charge is 2.29. The minimum atomic E-state index is -0.347. The first-order chi connectivity index (χ1) is 12.6. The normalized spacial score (nSPS) is 16.8. The first kappa shape index (κ1) is 17.1. The summed E-state index contributed by atoms with van der Waals surface area (Å²) in [6.07, 6.45) is 0.609. The summed E-state index contributed by atoms with van der Waals surface area (Å²) in [7, 11) is 0. The summed E-state index contributed by atoms with van der Waals surface area (Å²) >= 11 is 7.33. The number of carbonyl (C=O) groups excluding carboxylic acids is 1. The maximum absolute atomic E-state index is 13.1. The fourth-order valence-corrected chi connectivity index (χ4v) is 4.11. The fraction of sp³-hybridized carbons (Fsp3) is 0.211. The zero-order chi connectivity index (χ0) is 18.1. The SMILES string of the molecule is O=C1OCC[C@@H]1Sc1nc2cc(Cl)ccc2c(=O)n1Cc1ccccc1. The highest BCUT2D eigenvalue weighted by atomic mass is 35.5. The van der Waals surface area contributed by atoms with Crippen LogP contribution in [0, 0.1) is 0 Å². The van der Waals surface area contributed by atoms with Crippen LogP contribution < -0.4 is 5.56 Å². The highest BCUT2D eigenvalue weighted by molar-refractivity contribution is 8.00. The second-order valence-electron chi connectivity index (χ2n) is 6.00. The number of ether oxygens (including phenoxy) is 1. The molecule has 1 aromatic heterocycles. The lowest BCUT2D eigenvalue weighted by Crippen LogP contribution is -2.25. The van der Waals surface area contributed by atoms with Crippen LogP contribution in [0.1, 0.15) is 12.0 Å². The number of carbonyl (C=O) groups is 1. The van der Waals surface area contributed by atoms with Crippen molar-refractivity contribution in [3.05, 3.63) is 69.5 Å². The molecule has 0 spiro atoms. The third kappa shape index (κ3) is 3.34. The Morgan fingerprint density at radius 2 is 2.00 bits per heavy atom. The Morgan fingerprint density at radius 3 is 2.73 bits per heavy atom. The van der Waals surface area contributed by atoms with Gasteiger partial charge in [0, 0.05) is 11.4 Å². The first-order valence-corrected chi connectivity index (χ1v) is 9.45. The number of esters is 1. The van der Waals surface area contributed by atoms with Crippen LogP contribution in [0.15, 0.2) is 58.5 Å². The Kier molecular flexibility index (Phi) is 4.70. The summed E-state index contributed by atoms with van der Waals surface area (Å²) in [5, 5.41) is 1.17. The summed E-state index contributed by atoms with van der Waals surface area (Å²) in [4.78, 5) is 29.6. The van der Waals surface area contributed by atoms with Crippen LogP contribution in [0.25, 0.3) is 10.9 Å². The molecule has 0 bridgehead atoms. The molecule has 1 aliphatic heterocycles. The van der Waals surface area contributed by atoms with Gasteiger partial charge >= 0.3 is 5.97 Å². The Balaban J connectivity index is 1.84. The largest absolute Gasteiger partial charge is 0.465 e. The van der Waals surface area contributed by atoms with Crippen molar-refractivity contribution in [3.8, 4) is 0 Å². The molecule has 2 aromatic carbocycles. The van der Waals surface area contributed by atoms with Gasteiger partial charge in [-0.15, -0.1) is 0 Å². The van der Waals surface area contributed by atoms with Crippen LogP contribution in [-0.2, 0) is 16.1 Å². The zero-order valence-corrected chi connectivity index (χ0v) is 15.3. The smallest absolute Gasteiger partial charge is 0.319 e. The van der Waals surface area contributed by atoms with Crippen LogP contribution in [-0.4, -0.2) is 27.4 Å². The molecule has 26 heavy (non-hydrogen) atoms. The second-order valence-corrected chi connectivity index (χ2v) is 7.60. The lowest BCUT2D eigenvalue weighted by Gasteiger charge is -2.14. The van der Waals surface area contributed by atoms with Crippen LogP contribution >= 0.6 is 23.4 Å². The summed E-state index contributed by atoms with van der Waals surface area (Å²) in [5.41, 5.74) is 1.37. The van der Waals surface area contributed by atoms with E-state index in [1.807, 2.05) is 30.3 Å². The molecule has 0 unspecified atom stereocenters. The topological polar surface area (TPSA) is 61.2 Å². The van der Waals surface area contributed by atoms with E-state index in [2.05, 4.69) is 4.98 Å². The Hall–Kier alpha value is -2.31. The number of fused-ring (bicyclic) bond motifs is 1. The number of cyclic esters (lactones) is 1. The molecule has 1 saturated heterocycles. The molecule has 4 rings (SSSR count). The van der Waals surface area contributed by atoms with Crippen molar-refractivity contribution in [2.75, 3.05) is 6.61 Å². The van der Waals surface area contributed by atoms with Crippen molar-refractivity contribution >= 4 is 40.2 Å². The van der Waals surface area contributed by atoms with Crippen LogP contribution in [0.5, 0.6) is 0 Å². The molecule has 0 aliphatic carbocycles. The molecular formula is C19H15ClN2O3S. The molecule has 1 fully saturated rings. The van der Waals surface area contributed by atoms with E-state index in [4.69, 9.17) is 16.3 Å². The van der Waals surface area contributed by atoms with Gasteiger partial charge in [-0.1, -0.05) is 53.7 Å². The number of aromatic nitrogens is 2. The third-order valence-electron chi connectivity index (χ3n) is 4.20. The molecular weight excluding hydrogens is 372 g/mol. The van der Waals surface area contributed by atoms with Crippen molar-refractivity contribution in [1.82, 2.24) is 9.55 Å². The predicted octanol–water partition coefficient (Wildman–Crippen LogP) is 3.51. The van der Waals surface area contributed by atoms with Crippen molar-refractivity contribution in [3.63, 3.8) is 0 Å². The van der Waals surface area contributed by atoms with E-state index >= 15 is 0 Å². The van der Waals surface area contributed by atoms with E-state index in [1.54, 1.807) is 22.8 Å². The van der Waals surface area contributed by atoms with Crippen molar-refractivity contribution < 1.29 is 9.53 Å². The number of halogens is 1. The molecule has 0 saturated carbocycles. The molecule has 132 valence electrons. The van der Waals surface area contributed by atoms with Crippen LogP contribution in [0.4, 0.5) is 0 Å². The average molecular weight is 387 g/mol. The van der Waals surface area contributed by atoms with Crippen molar-refractivity contribution in [1.29, 1.82) is 0 Å². The molecule has 2 heterocycles. The van der Waals surface area contributed by atoms with Gasteiger partial charge in [0.05, 0.1) is 24.1 Å². The van der Waals surface area contributed by atoms with Gasteiger partial charge in [-0.05, 0) is 23.8 Å². The van der Waals surface area contributed by atoms with E-state index in [0.29, 0.717) is 40.7 Å². The summed E-state index contributed by atoms with van der Waals surface area (Å²) in [6, 6.07) is 14.7. The molecule has 7 heteroatoms. The second kappa shape index (κ2) is 7.13. The van der Waals surface area contributed by atoms with E-state index in [-0.39, 0.29) is 16.8 Å². The quantitative estimate of drug-likeness (QED) is 0.507. The lowest BCUT2D eigenvalue weighted by atomic mass is 10.2. The van der Waals surface area contributed by atoms with Gasteiger partial charge in [0.1, 0.15) is 5.25 Å². The molecule has 1 atom stereocenters. The standard InChI is InChI=1S/C19H15ClN2O3S/c20-13-6-7-14-15(10-13)21-19(26-16-8-9-25-18(16)24)22(17(14)23)11-12-4-2-1-3-5-12/h1-7,10,16H,8-9,11H2/t16-/m0/s1. The maximum atomic E-state index is 13.1. The van der Waals surface area contributed by atoms with Gasteiger partial charge in [0.15, 0.2) is 5.16 Å². The Morgan fingerprint density at radius 1 is 1.19 bits per heavy atom. The number of hydrogen-bond acceptors (Lipinski definition) is 5. The highest BCUT2D eigenvalue weighted by Crippen LogP contribution is 2.29. The summed E-state index contributed by atoms with van der Waals surface area (Å²) < 4.78 is 6.65. The van der Waals surface area contributed by atoms with E-state index < -0.39 is 0 Å². The first-order valence-electron chi connectivity index (χ1n) is 8.19. The van der Waals surface area contributed by atoms with Crippen LogP contribution in [0.3, 0.4) is 0 Å². The number of nitrogens with zero attached hydrogens (tertiary/aromatic N) is 2. The minimum absolute atomic E-state index is 0.149. The summed E-state index contributed by atoms with van der Waals surface area (Å²) in [6.45, 7) is 0.786. The molecule has 0 amide bonds. The molecule has 3 aromatic rings. The van der Waals surface area contributed by atoms with Gasteiger partial charge < -0.3 is 4.74 Å². The number of hydrogen-bond donors (Lipinski definition) is 0. The van der Waals surface area contributed by atoms with Gasteiger partial charge in [0.25, 0.3) is 5.56 Å². The van der Waals surface area contributed by atoms with Crippen molar-refractivity contribution in [2.45, 2.75) is 23.4 Å². The molecule has 1 aliphatic rings. The van der Waals surface area contributed by atoms with Crippen molar-refractivity contribution in [2.24, 2.45) is 0 Å². The average Bonchev–Trinajstić information content (AvgIpc) is 3.04. The van der Waals surface area contributed by atoms with Gasteiger partial charge in [0.2, 0.25) is 0 Å². The summed E-state index contributed by atoms with van der Waals surface area (Å²) in [5.74, 6) is -0.262. The molecule has 0 N–H and O–H groups in total. The number of rotatable bonds is 4. The Bertz CT molecular complexity index is 1040. The number of benzene rings is 2. The van der Waals surface area contributed by atoms with E-state index in [1.165, 1.54) is 11.8 Å². The molecule has 5 nitrogen and oxygen atoms in total. The monoisotopic (exact) mass is 386 g/mol. The lowest BCUT2D eigenvalue weighted by molar-refractivity contribution is -0.137. The molecule has 0 radical (unpaired) electrons. The van der Waals surface area contributed by atoms with Gasteiger partial charge in [-0.2, -0.15) is 0 Å². The Labute approximate surface area is 159 Å². The van der Waals surface area contributed by atoms with Crippen LogP contribution in [0.2, 0.25) is 5.02 Å². The number of thioether (sulfide) groups is 1. The maximum Gasteiger partial charge on any atom is 0.319 e. The fourth-order valence-electron chi connectivity index (χ4n) is 2.88. The third-order valence-corrected chi connectivity index (χ3v) is 5.67. The predicted molar refractivity (Wildman–Crippen MR) is 102 cm³/mol. The van der Waals surface area contributed by atoms with E-state index in [9.17, 15) is 9.59 Å². The van der Waals surface area contributed by atoms with Gasteiger partial charge in [-0.3, -0.25) is 14.2 Å². The minimum Gasteiger partial charge on any atom is -0.465 e.